The molecule has 1 heterocycles. The average molecular weight is 299 g/mol. The first-order valence-corrected chi connectivity index (χ1v) is 6.92. The summed E-state index contributed by atoms with van der Waals surface area (Å²) in [4.78, 5) is 14.9. The van der Waals surface area contributed by atoms with Gasteiger partial charge in [0.25, 0.3) is 0 Å². The maximum atomic E-state index is 10.7. The Labute approximate surface area is 119 Å². The highest BCUT2D eigenvalue weighted by atomic mass is 35.5. The van der Waals surface area contributed by atoms with Crippen LogP contribution < -0.4 is 0 Å². The Morgan fingerprint density at radius 1 is 1.53 bits per heavy atom. The van der Waals surface area contributed by atoms with Crippen LogP contribution in [0.15, 0.2) is 28.8 Å². The summed E-state index contributed by atoms with van der Waals surface area (Å²) in [5.41, 5.74) is 0.690. The summed E-state index contributed by atoms with van der Waals surface area (Å²) in [6, 6.07) is 7.19. The second-order valence-corrected chi connectivity index (χ2v) is 5.52. The predicted octanol–water partition coefficient (Wildman–Crippen LogP) is 3.10. The van der Waals surface area contributed by atoms with E-state index in [0.29, 0.717) is 28.1 Å². The third kappa shape index (κ3) is 3.48. The first-order chi connectivity index (χ1) is 9.08. The Kier molecular flexibility index (Phi) is 4.44. The van der Waals surface area contributed by atoms with E-state index in [1.807, 2.05) is 12.1 Å². The molecule has 0 bridgehead atoms. The fraction of sp³-hybridized carbons (Fsp3) is 0.250. The van der Waals surface area contributed by atoms with Crippen LogP contribution in [0.2, 0.25) is 5.02 Å². The van der Waals surface area contributed by atoms with Crippen LogP contribution in [0, 0.1) is 0 Å². The second kappa shape index (κ2) is 6.08. The van der Waals surface area contributed by atoms with Gasteiger partial charge in [0, 0.05) is 5.56 Å². The smallest absolute Gasteiger partial charge is 0.316 e. The van der Waals surface area contributed by atoms with Gasteiger partial charge in [0.05, 0.1) is 16.0 Å². The fourth-order valence-electron chi connectivity index (χ4n) is 1.33. The molecule has 1 unspecified atom stereocenters. The van der Waals surface area contributed by atoms with Crippen LogP contribution >= 0.6 is 23.4 Å². The third-order valence-electron chi connectivity index (χ3n) is 2.39. The topological polar surface area (TPSA) is 76.2 Å². The van der Waals surface area contributed by atoms with Gasteiger partial charge in [-0.2, -0.15) is 4.98 Å². The van der Waals surface area contributed by atoms with Gasteiger partial charge in [0.2, 0.25) is 11.7 Å². The lowest BCUT2D eigenvalue weighted by Gasteiger charge is -2.01. The number of nitrogens with zero attached hydrogens (tertiary/aromatic N) is 2. The van der Waals surface area contributed by atoms with Crippen molar-refractivity contribution >= 4 is 29.3 Å². The zero-order valence-electron chi connectivity index (χ0n) is 10.0. The lowest BCUT2D eigenvalue weighted by Crippen LogP contribution is -2.11. The molecule has 2 aromatic rings. The highest BCUT2D eigenvalue weighted by Gasteiger charge is 2.15. The van der Waals surface area contributed by atoms with E-state index >= 15 is 0 Å². The van der Waals surface area contributed by atoms with Crippen LogP contribution in [0.4, 0.5) is 0 Å². The Bertz CT molecular complexity index is 588. The van der Waals surface area contributed by atoms with Crippen molar-refractivity contribution in [3.63, 3.8) is 0 Å². The van der Waals surface area contributed by atoms with E-state index in [1.165, 1.54) is 11.8 Å². The molecule has 7 heteroatoms. The number of halogens is 1. The molecule has 0 spiro atoms. The van der Waals surface area contributed by atoms with Crippen LogP contribution in [-0.2, 0) is 10.5 Å². The molecule has 0 aliphatic carbocycles. The van der Waals surface area contributed by atoms with Crippen molar-refractivity contribution in [3.05, 3.63) is 35.2 Å². The summed E-state index contributed by atoms with van der Waals surface area (Å²) < 4.78 is 5.07. The molecule has 1 aromatic carbocycles. The van der Waals surface area contributed by atoms with Crippen molar-refractivity contribution in [1.29, 1.82) is 0 Å². The molecule has 19 heavy (non-hydrogen) atoms. The number of aromatic nitrogens is 2. The monoisotopic (exact) mass is 298 g/mol. The molecule has 0 saturated carbocycles. The molecule has 0 fully saturated rings. The number of thioether (sulfide) groups is 1. The van der Waals surface area contributed by atoms with Crippen LogP contribution in [0.3, 0.4) is 0 Å². The SMILES string of the molecule is CC(SCc1nc(-c2ccccc2Cl)no1)C(=O)O. The van der Waals surface area contributed by atoms with Gasteiger partial charge in [-0.3, -0.25) is 4.79 Å². The highest BCUT2D eigenvalue weighted by molar-refractivity contribution is 7.99. The van der Waals surface area contributed by atoms with Crippen LogP contribution in [0.25, 0.3) is 11.4 Å². The number of hydrogen-bond acceptors (Lipinski definition) is 5. The van der Waals surface area contributed by atoms with E-state index in [9.17, 15) is 4.79 Å². The van der Waals surface area contributed by atoms with E-state index in [0.717, 1.165) is 0 Å². The molecule has 0 aliphatic rings. The highest BCUT2D eigenvalue weighted by Crippen LogP contribution is 2.26. The molecular formula is C12H11ClN2O3S. The number of carboxylic acid groups (broad SMARTS) is 1. The van der Waals surface area contributed by atoms with Gasteiger partial charge >= 0.3 is 5.97 Å². The molecule has 0 saturated heterocycles. The molecule has 1 atom stereocenters. The Morgan fingerprint density at radius 3 is 2.95 bits per heavy atom. The Balaban J connectivity index is 2.08. The Hall–Kier alpha value is -1.53. The van der Waals surface area contributed by atoms with E-state index in [-0.39, 0.29) is 0 Å². The molecule has 0 aliphatic heterocycles. The molecule has 1 aromatic heterocycles. The molecule has 2 rings (SSSR count). The second-order valence-electron chi connectivity index (χ2n) is 3.78. The first-order valence-electron chi connectivity index (χ1n) is 5.50. The number of carboxylic acids is 1. The Morgan fingerprint density at radius 2 is 2.26 bits per heavy atom. The zero-order valence-corrected chi connectivity index (χ0v) is 11.6. The number of rotatable bonds is 5. The molecule has 0 radical (unpaired) electrons. The van der Waals surface area contributed by atoms with Crippen LogP contribution in [-0.4, -0.2) is 26.5 Å². The van der Waals surface area contributed by atoms with Gasteiger partial charge in [0.15, 0.2) is 0 Å². The summed E-state index contributed by atoms with van der Waals surface area (Å²) in [5.74, 6) is 0.276. The summed E-state index contributed by atoms with van der Waals surface area (Å²) in [6.45, 7) is 1.61. The molecule has 100 valence electrons. The van der Waals surface area contributed by atoms with E-state index < -0.39 is 11.2 Å². The quantitative estimate of drug-likeness (QED) is 0.914. The first kappa shape index (κ1) is 13.9. The molecular weight excluding hydrogens is 288 g/mol. The lowest BCUT2D eigenvalue weighted by atomic mass is 10.2. The minimum atomic E-state index is -0.865. The van der Waals surface area contributed by atoms with Gasteiger partial charge in [-0.05, 0) is 19.1 Å². The van der Waals surface area contributed by atoms with Gasteiger partial charge in [0.1, 0.15) is 0 Å². The summed E-state index contributed by atoms with van der Waals surface area (Å²) in [6.07, 6.45) is 0. The van der Waals surface area contributed by atoms with E-state index in [4.69, 9.17) is 21.2 Å². The standard InChI is InChI=1S/C12H11ClN2O3S/c1-7(12(16)17)19-6-10-14-11(15-18-10)8-4-2-3-5-9(8)13/h2-5,7H,6H2,1H3,(H,16,17). The zero-order chi connectivity index (χ0) is 13.8. The number of benzene rings is 1. The maximum Gasteiger partial charge on any atom is 0.316 e. The van der Waals surface area contributed by atoms with Crippen molar-refractivity contribution in [2.75, 3.05) is 0 Å². The van der Waals surface area contributed by atoms with Crippen molar-refractivity contribution in [2.24, 2.45) is 0 Å². The molecule has 1 N–H and O–H groups in total. The van der Waals surface area contributed by atoms with Gasteiger partial charge < -0.3 is 9.63 Å². The largest absolute Gasteiger partial charge is 0.480 e. The number of carbonyl (C=O) groups is 1. The summed E-state index contributed by atoms with van der Waals surface area (Å²) in [5, 5.41) is 12.6. The van der Waals surface area contributed by atoms with Gasteiger partial charge in [-0.25, -0.2) is 0 Å². The predicted molar refractivity (Wildman–Crippen MR) is 73.1 cm³/mol. The van der Waals surface area contributed by atoms with E-state index in [2.05, 4.69) is 10.1 Å². The van der Waals surface area contributed by atoms with Gasteiger partial charge in [-0.1, -0.05) is 28.9 Å². The third-order valence-corrected chi connectivity index (χ3v) is 3.83. The normalized spacial score (nSPS) is 12.3. The summed E-state index contributed by atoms with van der Waals surface area (Å²) >= 11 is 7.25. The lowest BCUT2D eigenvalue weighted by molar-refractivity contribution is -0.136. The number of hydrogen-bond donors (Lipinski definition) is 1. The van der Waals surface area contributed by atoms with E-state index in [1.54, 1.807) is 19.1 Å². The summed E-state index contributed by atoms with van der Waals surface area (Å²) in [7, 11) is 0. The minimum absolute atomic E-state index is 0.352. The van der Waals surface area contributed by atoms with Crippen molar-refractivity contribution in [3.8, 4) is 11.4 Å². The number of aliphatic carboxylic acids is 1. The van der Waals surface area contributed by atoms with Crippen LogP contribution in [0.1, 0.15) is 12.8 Å². The average Bonchev–Trinajstić information content (AvgIpc) is 2.85. The minimum Gasteiger partial charge on any atom is -0.480 e. The molecule has 0 amide bonds. The molecule has 5 nitrogen and oxygen atoms in total. The maximum absolute atomic E-state index is 10.7. The van der Waals surface area contributed by atoms with Crippen molar-refractivity contribution in [1.82, 2.24) is 10.1 Å². The van der Waals surface area contributed by atoms with Crippen LogP contribution in [0.5, 0.6) is 0 Å². The fourth-order valence-corrected chi connectivity index (χ4v) is 2.21. The van der Waals surface area contributed by atoms with Crippen molar-refractivity contribution < 1.29 is 14.4 Å². The van der Waals surface area contributed by atoms with Gasteiger partial charge in [-0.15, -0.1) is 11.8 Å². The van der Waals surface area contributed by atoms with Crippen molar-refractivity contribution in [2.45, 2.75) is 17.9 Å².